The fourth-order valence-corrected chi connectivity index (χ4v) is 3.95. The van der Waals surface area contributed by atoms with E-state index in [1.54, 1.807) is 43.3 Å². The smallest absolute Gasteiger partial charge is 0.262 e. The fourth-order valence-electron chi connectivity index (χ4n) is 3.95. The Bertz CT molecular complexity index is 982. The zero-order valence-corrected chi connectivity index (χ0v) is 19.3. The number of methoxy groups -OCH3 is 1. The average Bonchev–Trinajstić information content (AvgIpc) is 3.03. The summed E-state index contributed by atoms with van der Waals surface area (Å²) >= 11 is 0. The average molecular weight is 439 g/mol. The van der Waals surface area contributed by atoms with Crippen molar-refractivity contribution in [3.63, 3.8) is 0 Å². The Kier molecular flexibility index (Phi) is 7.18. The molecule has 0 radical (unpaired) electrons. The number of rotatable bonds is 9. The Labute approximate surface area is 188 Å². The lowest BCUT2D eigenvalue weighted by Crippen LogP contribution is -2.50. The zero-order valence-electron chi connectivity index (χ0n) is 19.3. The van der Waals surface area contributed by atoms with Crippen molar-refractivity contribution < 1.29 is 23.9 Å². The van der Waals surface area contributed by atoms with Crippen molar-refractivity contribution in [2.45, 2.75) is 39.8 Å². The number of fused-ring (bicyclic) bond motifs is 1. The summed E-state index contributed by atoms with van der Waals surface area (Å²) in [5.41, 5.74) is 1.54. The molecule has 0 unspecified atom stereocenters. The van der Waals surface area contributed by atoms with E-state index < -0.39 is 17.9 Å². The van der Waals surface area contributed by atoms with Gasteiger partial charge in [-0.3, -0.25) is 19.3 Å². The predicted octanol–water partition coefficient (Wildman–Crippen LogP) is 3.76. The molecule has 1 atom stereocenters. The molecule has 0 saturated carbocycles. The number of carbonyl (C=O) groups is 3. The van der Waals surface area contributed by atoms with E-state index in [0.29, 0.717) is 42.2 Å². The van der Waals surface area contributed by atoms with Crippen LogP contribution in [0.5, 0.6) is 11.5 Å². The monoisotopic (exact) mass is 438 g/mol. The van der Waals surface area contributed by atoms with Crippen molar-refractivity contribution in [1.29, 1.82) is 0 Å². The molecule has 0 aromatic heterocycles. The van der Waals surface area contributed by atoms with E-state index in [-0.39, 0.29) is 11.8 Å². The number of likely N-dealkylation sites (N-methyl/N-ethyl adjacent to an activating group) is 1. The largest absolute Gasteiger partial charge is 0.493 e. The summed E-state index contributed by atoms with van der Waals surface area (Å²) < 4.78 is 11.0. The van der Waals surface area contributed by atoms with E-state index in [9.17, 15) is 14.4 Å². The van der Waals surface area contributed by atoms with Gasteiger partial charge in [0.05, 0.1) is 24.8 Å². The van der Waals surface area contributed by atoms with Crippen molar-refractivity contribution in [3.05, 3.63) is 59.2 Å². The van der Waals surface area contributed by atoms with Crippen molar-refractivity contribution in [1.82, 2.24) is 9.80 Å². The first-order chi connectivity index (χ1) is 15.3. The van der Waals surface area contributed by atoms with Crippen LogP contribution in [0.2, 0.25) is 0 Å². The molecule has 1 aliphatic rings. The molecular weight excluding hydrogens is 408 g/mol. The Morgan fingerprint density at radius 3 is 2.19 bits per heavy atom. The van der Waals surface area contributed by atoms with E-state index in [4.69, 9.17) is 9.47 Å². The molecule has 3 amide bonds. The molecule has 1 aliphatic heterocycles. The fraction of sp³-hybridized carbons (Fsp3) is 0.400. The molecule has 0 aliphatic carbocycles. The van der Waals surface area contributed by atoms with Crippen LogP contribution in [-0.4, -0.2) is 54.3 Å². The molecule has 0 spiro atoms. The lowest BCUT2D eigenvalue weighted by Gasteiger charge is -2.30. The number of benzene rings is 2. The second kappa shape index (κ2) is 9.85. The highest BCUT2D eigenvalue weighted by Gasteiger charge is 2.43. The van der Waals surface area contributed by atoms with E-state index in [1.165, 1.54) is 0 Å². The van der Waals surface area contributed by atoms with Gasteiger partial charge in [0.15, 0.2) is 11.5 Å². The van der Waals surface area contributed by atoms with Gasteiger partial charge in [-0.2, -0.15) is 0 Å². The molecule has 3 rings (SSSR count). The van der Waals surface area contributed by atoms with Crippen molar-refractivity contribution in [2.75, 3.05) is 20.8 Å². The highest BCUT2D eigenvalue weighted by Crippen LogP contribution is 2.30. The SMILES string of the molecule is CCOc1ccc(CN(C)C(=O)[C@@H](CC(C)C)N2C(=O)c3ccccc3C2=O)cc1OC. The highest BCUT2D eigenvalue weighted by molar-refractivity contribution is 6.22. The summed E-state index contributed by atoms with van der Waals surface area (Å²) in [4.78, 5) is 42.1. The maximum absolute atomic E-state index is 13.5. The minimum Gasteiger partial charge on any atom is -0.493 e. The molecule has 32 heavy (non-hydrogen) atoms. The summed E-state index contributed by atoms with van der Waals surface area (Å²) in [5, 5.41) is 0. The topological polar surface area (TPSA) is 76.2 Å². The van der Waals surface area contributed by atoms with Crippen LogP contribution < -0.4 is 9.47 Å². The number of carbonyl (C=O) groups excluding carboxylic acids is 3. The minimum atomic E-state index is -0.864. The van der Waals surface area contributed by atoms with Crippen molar-refractivity contribution >= 4 is 17.7 Å². The summed E-state index contributed by atoms with van der Waals surface area (Å²) in [7, 11) is 3.24. The normalized spacial score (nSPS) is 13.9. The van der Waals surface area contributed by atoms with Crippen molar-refractivity contribution in [2.24, 2.45) is 5.92 Å². The lowest BCUT2D eigenvalue weighted by molar-refractivity contribution is -0.135. The minimum absolute atomic E-state index is 0.118. The van der Waals surface area contributed by atoms with Crippen LogP contribution >= 0.6 is 0 Å². The maximum atomic E-state index is 13.5. The molecule has 0 bridgehead atoms. The van der Waals surface area contributed by atoms with Gasteiger partial charge in [-0.1, -0.05) is 32.0 Å². The van der Waals surface area contributed by atoms with E-state index in [0.717, 1.165) is 10.5 Å². The van der Waals surface area contributed by atoms with Crippen LogP contribution in [0.3, 0.4) is 0 Å². The second-order valence-electron chi connectivity index (χ2n) is 8.28. The quantitative estimate of drug-likeness (QED) is 0.557. The first-order valence-electron chi connectivity index (χ1n) is 10.8. The standard InChI is InChI=1S/C25H30N2O5/c1-6-32-21-12-11-17(14-22(21)31-5)15-26(4)25(30)20(13-16(2)3)27-23(28)18-9-7-8-10-19(18)24(27)29/h7-12,14,16,20H,6,13,15H2,1-5H3/t20-/m1/s1. The van der Waals surface area contributed by atoms with Crippen LogP contribution in [0.25, 0.3) is 0 Å². The first kappa shape index (κ1) is 23.3. The number of nitrogens with zero attached hydrogens (tertiary/aromatic N) is 2. The predicted molar refractivity (Wildman–Crippen MR) is 121 cm³/mol. The highest BCUT2D eigenvalue weighted by atomic mass is 16.5. The van der Waals surface area contributed by atoms with Crippen LogP contribution in [0.1, 0.15) is 53.5 Å². The molecule has 2 aromatic rings. The second-order valence-corrected chi connectivity index (χ2v) is 8.28. The van der Waals surface area contributed by atoms with Gasteiger partial charge >= 0.3 is 0 Å². The number of imide groups is 1. The van der Waals surface area contributed by atoms with Crippen LogP contribution in [0.4, 0.5) is 0 Å². The molecule has 1 heterocycles. The number of amides is 3. The third-order valence-electron chi connectivity index (χ3n) is 5.44. The van der Waals surface area contributed by atoms with Gasteiger partial charge in [0.2, 0.25) is 5.91 Å². The van der Waals surface area contributed by atoms with Gasteiger partial charge in [0, 0.05) is 13.6 Å². The van der Waals surface area contributed by atoms with Crippen molar-refractivity contribution in [3.8, 4) is 11.5 Å². The van der Waals surface area contributed by atoms with Gasteiger partial charge in [0.1, 0.15) is 6.04 Å². The van der Waals surface area contributed by atoms with Gasteiger partial charge < -0.3 is 14.4 Å². The van der Waals surface area contributed by atoms with E-state index in [1.807, 2.05) is 39.0 Å². The van der Waals surface area contributed by atoms with E-state index >= 15 is 0 Å². The van der Waals surface area contributed by atoms with Gasteiger partial charge in [-0.25, -0.2) is 0 Å². The number of hydrogen-bond donors (Lipinski definition) is 0. The summed E-state index contributed by atoms with van der Waals surface area (Å²) in [6, 6.07) is 11.3. The maximum Gasteiger partial charge on any atom is 0.262 e. The third-order valence-corrected chi connectivity index (χ3v) is 5.44. The van der Waals surface area contributed by atoms with Crippen LogP contribution in [0.15, 0.2) is 42.5 Å². The van der Waals surface area contributed by atoms with Crippen LogP contribution in [0, 0.1) is 5.92 Å². The molecule has 2 aromatic carbocycles. The third kappa shape index (κ3) is 4.61. The molecule has 7 heteroatoms. The van der Waals surface area contributed by atoms with Gasteiger partial charge in [-0.15, -0.1) is 0 Å². The molecule has 0 saturated heterocycles. The molecule has 170 valence electrons. The summed E-state index contributed by atoms with van der Waals surface area (Å²) in [5.74, 6) is 0.232. The Morgan fingerprint density at radius 2 is 1.66 bits per heavy atom. The van der Waals surface area contributed by atoms with Gasteiger partial charge in [-0.05, 0) is 49.1 Å². The van der Waals surface area contributed by atoms with Gasteiger partial charge in [0.25, 0.3) is 11.8 Å². The Morgan fingerprint density at radius 1 is 1.03 bits per heavy atom. The summed E-state index contributed by atoms with van der Waals surface area (Å²) in [6.07, 6.45) is 0.390. The zero-order chi connectivity index (χ0) is 23.4. The molecule has 0 fully saturated rings. The summed E-state index contributed by atoms with van der Waals surface area (Å²) in [6.45, 7) is 6.66. The van der Waals surface area contributed by atoms with Crippen LogP contribution in [-0.2, 0) is 11.3 Å². The van der Waals surface area contributed by atoms with E-state index in [2.05, 4.69) is 0 Å². The number of ether oxygens (including phenoxy) is 2. The lowest BCUT2D eigenvalue weighted by atomic mass is 10.0. The molecular formula is C25H30N2O5. The molecule has 0 N–H and O–H groups in total. The number of hydrogen-bond acceptors (Lipinski definition) is 5. The first-order valence-corrected chi connectivity index (χ1v) is 10.8. The Hall–Kier alpha value is -3.35. The Balaban J connectivity index is 1.84. The molecule has 7 nitrogen and oxygen atoms in total.